The molecule has 0 unspecified atom stereocenters. The van der Waals surface area contributed by atoms with Gasteiger partial charge in [0.2, 0.25) is 0 Å². The first-order valence-corrected chi connectivity index (χ1v) is 15.6. The molecule has 5 heteroatoms. The molecule has 33 heavy (non-hydrogen) atoms. The molecular formula is C28H44Cl2O2Ti. The van der Waals surface area contributed by atoms with E-state index in [1.54, 1.807) is 0 Å². The minimum absolute atomic E-state index is 0.000494. The molecule has 2 aromatic carbocycles. The fraction of sp³-hybridized carbons (Fsp3) is 0.571. The Morgan fingerprint density at radius 3 is 0.909 bits per heavy atom. The van der Waals surface area contributed by atoms with Crippen molar-refractivity contribution in [2.24, 2.45) is 0 Å². The predicted octanol–water partition coefficient (Wildman–Crippen LogP) is 9.35. The van der Waals surface area contributed by atoms with Gasteiger partial charge in [0.15, 0.2) is 0 Å². The van der Waals surface area contributed by atoms with Crippen molar-refractivity contribution in [1.29, 1.82) is 0 Å². The Hall–Kier alpha value is -0.666. The van der Waals surface area contributed by atoms with E-state index in [-0.39, 0.29) is 21.7 Å². The maximum absolute atomic E-state index is 9.99. The van der Waals surface area contributed by atoms with Crippen molar-refractivity contribution in [2.45, 2.75) is 105 Å². The fourth-order valence-corrected chi connectivity index (χ4v) is 3.26. The van der Waals surface area contributed by atoms with Crippen LogP contribution in [0, 0.1) is 0 Å². The quantitative estimate of drug-likeness (QED) is 0.333. The number of benzene rings is 2. The van der Waals surface area contributed by atoms with Gasteiger partial charge in [-0.05, 0) is 56.0 Å². The molecule has 0 aromatic heterocycles. The van der Waals surface area contributed by atoms with Crippen LogP contribution in [0.25, 0.3) is 0 Å². The monoisotopic (exact) mass is 530 g/mol. The van der Waals surface area contributed by atoms with Gasteiger partial charge in [0, 0.05) is 0 Å². The van der Waals surface area contributed by atoms with Crippen LogP contribution in [0.2, 0.25) is 0 Å². The van der Waals surface area contributed by atoms with Crippen LogP contribution in [-0.4, -0.2) is 10.2 Å². The van der Waals surface area contributed by atoms with Crippen LogP contribution in [0.5, 0.6) is 11.5 Å². The van der Waals surface area contributed by atoms with Crippen LogP contribution in [0.1, 0.15) is 105 Å². The standard InChI is InChI=1S/2C14H22O.2ClH.Ti/c2*1-13(2,3)10-7-8-11(12(15)9-10)14(4,5)6;;;/h2*7-9,15H,1-6H3;2*1H;/q;;;;+2/p-2. The Balaban J connectivity index is 0.000000555. The van der Waals surface area contributed by atoms with E-state index in [2.05, 4.69) is 95.2 Å². The first kappa shape index (κ1) is 32.3. The molecule has 0 amide bonds. The number of phenolic OH excluding ortho intramolecular Hbond substituents is 2. The zero-order chi connectivity index (χ0) is 26.4. The Morgan fingerprint density at radius 1 is 0.515 bits per heavy atom. The summed E-state index contributed by atoms with van der Waals surface area (Å²) < 4.78 is 0. The third kappa shape index (κ3) is 11.1. The Bertz CT molecular complexity index is 807. The third-order valence-corrected chi connectivity index (χ3v) is 5.34. The molecule has 0 saturated carbocycles. The topological polar surface area (TPSA) is 40.5 Å². The van der Waals surface area contributed by atoms with Gasteiger partial charge in [-0.1, -0.05) is 107 Å². The van der Waals surface area contributed by atoms with Gasteiger partial charge < -0.3 is 10.2 Å². The van der Waals surface area contributed by atoms with Crippen LogP contribution in [0.3, 0.4) is 0 Å². The van der Waals surface area contributed by atoms with Gasteiger partial charge in [-0.2, -0.15) is 0 Å². The second kappa shape index (κ2) is 12.3. The van der Waals surface area contributed by atoms with Gasteiger partial charge in [0.05, 0.1) is 0 Å². The van der Waals surface area contributed by atoms with Crippen LogP contribution in [0.15, 0.2) is 36.4 Å². The zero-order valence-electron chi connectivity index (χ0n) is 22.6. The summed E-state index contributed by atoms with van der Waals surface area (Å²) in [5, 5.41) is 20.0. The summed E-state index contributed by atoms with van der Waals surface area (Å²) >= 11 is -0.556. The summed E-state index contributed by atoms with van der Waals surface area (Å²) in [5.41, 5.74) is 4.55. The van der Waals surface area contributed by atoms with Gasteiger partial charge in [0.1, 0.15) is 11.5 Å². The zero-order valence-corrected chi connectivity index (χ0v) is 25.7. The van der Waals surface area contributed by atoms with Crippen molar-refractivity contribution in [3.05, 3.63) is 58.7 Å². The van der Waals surface area contributed by atoms with E-state index in [0.29, 0.717) is 11.5 Å². The van der Waals surface area contributed by atoms with Crippen LogP contribution in [0.4, 0.5) is 0 Å². The molecule has 2 N–H and O–H groups in total. The van der Waals surface area contributed by atoms with E-state index in [1.165, 1.54) is 11.1 Å². The SMILES string of the molecule is CC(C)(C)c1ccc(C(C)(C)C)c(O)c1.CC(C)(C)c1ccc(C(C)(C)C)c(O)c1.[Cl][Ti][Cl]. The average molecular weight is 531 g/mol. The molecule has 2 aromatic rings. The summed E-state index contributed by atoms with van der Waals surface area (Å²) in [6, 6.07) is 12.1. The predicted molar refractivity (Wildman–Crippen MR) is 143 cm³/mol. The molecule has 186 valence electrons. The van der Waals surface area contributed by atoms with Gasteiger partial charge in [0.25, 0.3) is 0 Å². The molecule has 0 saturated heterocycles. The van der Waals surface area contributed by atoms with Crippen LogP contribution >= 0.6 is 18.6 Å². The molecule has 2 nitrogen and oxygen atoms in total. The van der Waals surface area contributed by atoms with Crippen molar-refractivity contribution in [2.75, 3.05) is 0 Å². The summed E-state index contributed by atoms with van der Waals surface area (Å²) in [5.74, 6) is 0.824. The van der Waals surface area contributed by atoms with Crippen molar-refractivity contribution in [3.63, 3.8) is 0 Å². The van der Waals surface area contributed by atoms with E-state index in [4.69, 9.17) is 18.6 Å². The minimum atomic E-state index is -0.556. The fourth-order valence-electron chi connectivity index (χ4n) is 3.26. The summed E-state index contributed by atoms with van der Waals surface area (Å²) in [4.78, 5) is 0. The number of rotatable bonds is 0. The molecule has 2 rings (SSSR count). The van der Waals surface area contributed by atoms with Crippen LogP contribution in [-0.2, 0) is 38.7 Å². The molecule has 0 atom stereocenters. The van der Waals surface area contributed by atoms with Gasteiger partial charge in [-0.15, -0.1) is 0 Å². The Morgan fingerprint density at radius 2 is 0.758 bits per heavy atom. The van der Waals surface area contributed by atoms with Crippen molar-refractivity contribution < 1.29 is 27.2 Å². The van der Waals surface area contributed by atoms with E-state index >= 15 is 0 Å². The first-order valence-electron chi connectivity index (χ1n) is 11.3. The number of aromatic hydroxyl groups is 2. The molecule has 0 aliphatic heterocycles. The molecule has 0 heterocycles. The molecule has 0 bridgehead atoms. The number of hydrogen-bond acceptors (Lipinski definition) is 2. The normalized spacial score (nSPS) is 12.2. The summed E-state index contributed by atoms with van der Waals surface area (Å²) in [7, 11) is 9.78. The Kier molecular flexibility index (Phi) is 12.1. The molecule has 0 fully saturated rings. The van der Waals surface area contributed by atoms with Crippen LogP contribution < -0.4 is 0 Å². The maximum atomic E-state index is 9.99. The molecule has 0 aliphatic carbocycles. The second-order valence-corrected chi connectivity index (χ2v) is 15.1. The second-order valence-electron chi connectivity index (χ2n) is 12.5. The summed E-state index contributed by atoms with van der Waals surface area (Å²) in [6.45, 7) is 25.6. The number of phenols is 2. The molecule has 0 spiro atoms. The third-order valence-electron chi connectivity index (χ3n) is 5.34. The Labute approximate surface area is 219 Å². The van der Waals surface area contributed by atoms with Gasteiger partial charge in [-0.25, -0.2) is 0 Å². The average Bonchev–Trinajstić information content (AvgIpc) is 2.59. The van der Waals surface area contributed by atoms with Gasteiger partial charge >= 0.3 is 35.6 Å². The number of hydrogen-bond donors (Lipinski definition) is 2. The van der Waals surface area contributed by atoms with Crippen molar-refractivity contribution in [3.8, 4) is 11.5 Å². The first-order chi connectivity index (χ1) is 14.7. The van der Waals surface area contributed by atoms with Gasteiger partial charge in [-0.3, -0.25) is 0 Å². The molecule has 0 radical (unpaired) electrons. The summed E-state index contributed by atoms with van der Waals surface area (Å²) in [6.07, 6.45) is 0. The van der Waals surface area contributed by atoms with Crippen molar-refractivity contribution >= 4 is 18.6 Å². The molecule has 0 aliphatic rings. The molecular weight excluding hydrogens is 487 g/mol. The van der Waals surface area contributed by atoms with E-state index < -0.39 is 17.0 Å². The van der Waals surface area contributed by atoms with E-state index in [1.807, 2.05) is 24.3 Å². The van der Waals surface area contributed by atoms with Crippen molar-refractivity contribution in [1.82, 2.24) is 0 Å². The number of halogens is 2. The van der Waals surface area contributed by atoms with E-state index in [9.17, 15) is 10.2 Å². The van der Waals surface area contributed by atoms with E-state index in [0.717, 1.165) is 11.1 Å².